The topological polar surface area (TPSA) is 138 Å². The molecule has 1 aromatic heterocycles. The molecule has 0 atom stereocenters. The third-order valence-electron chi connectivity index (χ3n) is 5.63. The van der Waals surface area contributed by atoms with Gasteiger partial charge in [-0.25, -0.2) is 8.42 Å². The van der Waals surface area contributed by atoms with Gasteiger partial charge in [0.15, 0.2) is 0 Å². The van der Waals surface area contributed by atoms with Crippen LogP contribution < -0.4 is 11.1 Å². The number of furan rings is 1. The number of guanidine groups is 1. The van der Waals surface area contributed by atoms with Crippen molar-refractivity contribution < 1.29 is 22.4 Å². The molecule has 2 amide bonds. The van der Waals surface area contributed by atoms with E-state index in [0.717, 1.165) is 74.7 Å². The van der Waals surface area contributed by atoms with Crippen molar-refractivity contribution in [3.63, 3.8) is 0 Å². The van der Waals surface area contributed by atoms with E-state index in [1.165, 1.54) is 0 Å². The number of anilines is 1. The van der Waals surface area contributed by atoms with Crippen molar-refractivity contribution in [2.45, 2.75) is 45.4 Å². The number of rotatable bonds is 4. The van der Waals surface area contributed by atoms with E-state index in [1.807, 2.05) is 17.9 Å². The first kappa shape index (κ1) is 28.7. The molecule has 2 aliphatic heterocycles. The van der Waals surface area contributed by atoms with E-state index >= 15 is 0 Å². The van der Waals surface area contributed by atoms with Gasteiger partial charge in [0.2, 0.25) is 17.8 Å². The fourth-order valence-corrected chi connectivity index (χ4v) is 4.44. The van der Waals surface area contributed by atoms with Crippen LogP contribution in [0.2, 0.25) is 0 Å². The molecule has 4 rings (SSSR count). The summed E-state index contributed by atoms with van der Waals surface area (Å²) in [6, 6.07) is 7.19. The number of nitrogens with one attached hydrogen (secondary N) is 1. The second kappa shape index (κ2) is 13.5. The van der Waals surface area contributed by atoms with Crippen molar-refractivity contribution in [2.24, 2.45) is 10.1 Å². The Balaban J connectivity index is 0.000000239. The van der Waals surface area contributed by atoms with Gasteiger partial charge in [-0.05, 0) is 56.9 Å². The Morgan fingerprint density at radius 1 is 1.11 bits per heavy atom. The zero-order valence-electron chi connectivity index (χ0n) is 20.9. The normalized spacial score (nSPS) is 16.4. The van der Waals surface area contributed by atoms with E-state index in [4.69, 9.17) is 10.2 Å². The lowest BCUT2D eigenvalue weighted by Crippen LogP contribution is -2.41. The number of carbonyl (C=O) groups excluding carboxylic acids is 2. The number of hydrogen-bond acceptors (Lipinski definition) is 5. The number of nitrogens with two attached hydrogens (primary N) is 1. The van der Waals surface area contributed by atoms with Gasteiger partial charge in [-0.15, -0.1) is 17.2 Å². The molecule has 0 saturated carbocycles. The second-order valence-electron chi connectivity index (χ2n) is 8.66. The molecule has 196 valence electrons. The smallest absolute Gasteiger partial charge is 0.253 e. The van der Waals surface area contributed by atoms with Crippen LogP contribution in [0, 0.1) is 19.8 Å². The summed E-state index contributed by atoms with van der Waals surface area (Å²) >= 11 is 0. The third-order valence-corrected chi connectivity index (χ3v) is 6.16. The van der Waals surface area contributed by atoms with Gasteiger partial charge < -0.3 is 25.3 Å². The minimum atomic E-state index is -3.50. The Bertz CT molecular complexity index is 1200. The van der Waals surface area contributed by atoms with E-state index in [2.05, 4.69) is 22.6 Å². The number of nitrogens with zero attached hydrogens (tertiary/aromatic N) is 3. The third kappa shape index (κ3) is 9.26. The monoisotopic (exact) mass is 517 g/mol. The molecule has 2 aliphatic rings. The first-order valence-electron chi connectivity index (χ1n) is 11.8. The van der Waals surface area contributed by atoms with Crippen LogP contribution >= 0.6 is 0 Å². The highest BCUT2D eigenvalue weighted by atomic mass is 32.2. The Hall–Kier alpha value is -3.52. The average Bonchev–Trinajstić information content (AvgIpc) is 3.42. The van der Waals surface area contributed by atoms with E-state index in [-0.39, 0.29) is 17.8 Å². The molecule has 3 heterocycles. The molecule has 0 radical (unpaired) electrons. The van der Waals surface area contributed by atoms with Gasteiger partial charge >= 0.3 is 0 Å². The molecule has 2 aromatic rings. The molecule has 2 saturated heterocycles. The molecule has 10 nitrogen and oxygen atoms in total. The number of amides is 2. The van der Waals surface area contributed by atoms with E-state index in [1.54, 1.807) is 23.1 Å². The van der Waals surface area contributed by atoms with Gasteiger partial charge in [-0.2, -0.15) is 0 Å². The SMILES string of the molecule is C#C.Cc1cc2cc(N/C(N)=N\S(C)(=O)=O)ccc2o1.O=C(CN1CCCCCC1=O)N1CCCC1. The average molecular weight is 518 g/mol. The summed E-state index contributed by atoms with van der Waals surface area (Å²) in [4.78, 5) is 27.3. The summed E-state index contributed by atoms with van der Waals surface area (Å²) in [5.74, 6) is 0.926. The summed E-state index contributed by atoms with van der Waals surface area (Å²) in [6.45, 7) is 4.67. The maximum absolute atomic E-state index is 11.9. The lowest BCUT2D eigenvalue weighted by molar-refractivity contribution is -0.139. The lowest BCUT2D eigenvalue weighted by atomic mass is 10.2. The maximum atomic E-state index is 11.9. The van der Waals surface area contributed by atoms with Crippen LogP contribution in [0.1, 0.15) is 44.3 Å². The molecule has 1 aromatic carbocycles. The molecule has 2 fully saturated rings. The summed E-state index contributed by atoms with van der Waals surface area (Å²) < 4.78 is 30.6. The highest BCUT2D eigenvalue weighted by Gasteiger charge is 2.23. The predicted octanol–water partition coefficient (Wildman–Crippen LogP) is 2.69. The van der Waals surface area contributed by atoms with Gasteiger partial charge in [0, 0.05) is 37.1 Å². The number of aryl methyl sites for hydroxylation is 1. The highest BCUT2D eigenvalue weighted by Crippen LogP contribution is 2.22. The highest BCUT2D eigenvalue weighted by molar-refractivity contribution is 7.89. The Kier molecular flexibility index (Phi) is 10.8. The number of fused-ring (bicyclic) bond motifs is 1. The number of sulfonamides is 1. The molecule has 3 N–H and O–H groups in total. The Morgan fingerprint density at radius 3 is 2.44 bits per heavy atom. The second-order valence-corrected chi connectivity index (χ2v) is 10.3. The molecule has 0 unspecified atom stereocenters. The van der Waals surface area contributed by atoms with Crippen molar-refractivity contribution in [3.05, 3.63) is 30.0 Å². The van der Waals surface area contributed by atoms with Gasteiger partial charge in [-0.3, -0.25) is 9.59 Å². The zero-order chi connectivity index (χ0) is 26.7. The van der Waals surface area contributed by atoms with Gasteiger partial charge in [-0.1, -0.05) is 6.42 Å². The Labute approximate surface area is 212 Å². The van der Waals surface area contributed by atoms with Crippen LogP contribution in [-0.2, 0) is 19.6 Å². The van der Waals surface area contributed by atoms with Crippen LogP contribution in [0.3, 0.4) is 0 Å². The number of terminal acetylenes is 1. The molecule has 0 bridgehead atoms. The van der Waals surface area contributed by atoms with Crippen LogP contribution in [0.4, 0.5) is 5.69 Å². The zero-order valence-corrected chi connectivity index (χ0v) is 21.7. The molecular weight excluding hydrogens is 482 g/mol. The van der Waals surface area contributed by atoms with Crippen molar-refractivity contribution in [1.29, 1.82) is 0 Å². The van der Waals surface area contributed by atoms with Crippen molar-refractivity contribution in [3.8, 4) is 12.8 Å². The summed E-state index contributed by atoms with van der Waals surface area (Å²) in [7, 11) is -3.50. The standard InChI is InChI=1S/C12H20N2O2.C11H13N3O3S.C2H2/c15-11-6-2-1-3-9-14(11)10-12(16)13-7-4-5-8-13;1-7-5-8-6-9(3-4-10(8)17-7)13-11(12)14-18(2,15)16;1-2/h1-10H2;3-6H,1-2H3,(H3,12,13,14);1-2H. The first-order chi connectivity index (χ1) is 17.1. The first-order valence-corrected chi connectivity index (χ1v) is 13.7. The fourth-order valence-electron chi connectivity index (χ4n) is 4.04. The minimum absolute atomic E-state index is 0.132. The number of benzene rings is 1. The summed E-state index contributed by atoms with van der Waals surface area (Å²) in [5.41, 5.74) is 6.88. The van der Waals surface area contributed by atoms with Gasteiger partial charge in [0.05, 0.1) is 12.8 Å². The summed E-state index contributed by atoms with van der Waals surface area (Å²) in [5, 5.41) is 3.61. The van der Waals surface area contributed by atoms with Crippen LogP contribution in [-0.4, -0.2) is 68.4 Å². The molecular formula is C25H35N5O5S. The fraction of sp³-hybridized carbons (Fsp3) is 0.480. The van der Waals surface area contributed by atoms with Gasteiger partial charge in [0.1, 0.15) is 11.3 Å². The Morgan fingerprint density at radius 2 is 1.78 bits per heavy atom. The van der Waals surface area contributed by atoms with Crippen molar-refractivity contribution in [1.82, 2.24) is 9.80 Å². The summed E-state index contributed by atoms with van der Waals surface area (Å²) in [6.07, 6.45) is 14.9. The van der Waals surface area contributed by atoms with E-state index in [9.17, 15) is 18.0 Å². The van der Waals surface area contributed by atoms with E-state index in [0.29, 0.717) is 18.7 Å². The number of carbonyl (C=O) groups is 2. The quantitative estimate of drug-likeness (QED) is 0.361. The lowest BCUT2D eigenvalue weighted by Gasteiger charge is -2.23. The van der Waals surface area contributed by atoms with Crippen LogP contribution in [0.15, 0.2) is 33.1 Å². The molecule has 11 heteroatoms. The minimum Gasteiger partial charge on any atom is -0.461 e. The molecule has 36 heavy (non-hydrogen) atoms. The molecule has 0 aliphatic carbocycles. The van der Waals surface area contributed by atoms with E-state index < -0.39 is 10.0 Å². The predicted molar refractivity (Wildman–Crippen MR) is 142 cm³/mol. The maximum Gasteiger partial charge on any atom is 0.253 e. The largest absolute Gasteiger partial charge is 0.461 e. The number of hydrogen-bond donors (Lipinski definition) is 2. The van der Waals surface area contributed by atoms with Crippen molar-refractivity contribution in [2.75, 3.05) is 37.8 Å². The van der Waals surface area contributed by atoms with Gasteiger partial charge in [0.25, 0.3) is 10.0 Å². The number of likely N-dealkylation sites (tertiary alicyclic amines) is 2. The van der Waals surface area contributed by atoms with Crippen molar-refractivity contribution >= 4 is 44.5 Å². The van der Waals surface area contributed by atoms with Crippen LogP contribution in [0.5, 0.6) is 0 Å². The van der Waals surface area contributed by atoms with Crippen LogP contribution in [0.25, 0.3) is 11.0 Å². The molecule has 0 spiro atoms.